The predicted octanol–water partition coefficient (Wildman–Crippen LogP) is 6.83. The molecule has 0 unspecified atom stereocenters. The minimum Gasteiger partial charge on any atom is -0.332 e. The largest absolute Gasteiger partial charge is 0.332 e. The fourth-order valence-electron chi connectivity index (χ4n) is 3.82. The monoisotopic (exact) mass is 348 g/mol. The van der Waals surface area contributed by atoms with Crippen molar-refractivity contribution in [3.8, 4) is 11.3 Å². The van der Waals surface area contributed by atoms with E-state index in [0.29, 0.717) is 0 Å². The van der Waals surface area contributed by atoms with Crippen LogP contribution in [0.1, 0.15) is 48.3 Å². The molecule has 1 heterocycles. The minimum absolute atomic E-state index is 0.770. The van der Waals surface area contributed by atoms with Gasteiger partial charge in [-0.2, -0.15) is 0 Å². The van der Waals surface area contributed by atoms with E-state index in [2.05, 4.69) is 67.0 Å². The summed E-state index contributed by atoms with van der Waals surface area (Å²) in [6.45, 7) is 4.24. The predicted molar refractivity (Wildman–Crippen MR) is 108 cm³/mol. The summed E-state index contributed by atoms with van der Waals surface area (Å²) < 4.78 is 0. The van der Waals surface area contributed by atoms with Crippen molar-refractivity contribution in [2.24, 2.45) is 0 Å². The number of nitrogens with one attached hydrogen (secondary N) is 1. The van der Waals surface area contributed by atoms with Gasteiger partial charge < -0.3 is 5.32 Å². The van der Waals surface area contributed by atoms with E-state index in [1.807, 2.05) is 0 Å². The van der Waals surface area contributed by atoms with Crippen LogP contribution in [0.15, 0.2) is 47.8 Å². The zero-order chi connectivity index (χ0) is 17.2. The Hall–Kier alpha value is -2.13. The van der Waals surface area contributed by atoms with Gasteiger partial charge in [0.2, 0.25) is 0 Å². The van der Waals surface area contributed by atoms with Crippen LogP contribution in [-0.2, 0) is 0 Å². The Labute approximate surface area is 154 Å². The molecule has 1 saturated carbocycles. The number of hydrogen-bond acceptors (Lipinski definition) is 3. The van der Waals surface area contributed by atoms with Crippen LogP contribution in [0.4, 0.5) is 10.8 Å². The van der Waals surface area contributed by atoms with Crippen LogP contribution in [0.5, 0.6) is 0 Å². The van der Waals surface area contributed by atoms with Crippen molar-refractivity contribution in [1.29, 1.82) is 0 Å². The van der Waals surface area contributed by atoms with Crippen molar-refractivity contribution < 1.29 is 0 Å². The van der Waals surface area contributed by atoms with Gasteiger partial charge in [-0.05, 0) is 61.4 Å². The maximum Gasteiger partial charge on any atom is 0.187 e. The highest BCUT2D eigenvalue weighted by molar-refractivity contribution is 7.14. The summed E-state index contributed by atoms with van der Waals surface area (Å²) in [5.41, 5.74) is 7.38. The van der Waals surface area contributed by atoms with E-state index in [1.165, 1.54) is 47.9 Å². The lowest BCUT2D eigenvalue weighted by atomic mass is 9.96. The fourth-order valence-corrected chi connectivity index (χ4v) is 4.56. The van der Waals surface area contributed by atoms with Gasteiger partial charge in [-0.25, -0.2) is 4.98 Å². The van der Waals surface area contributed by atoms with Gasteiger partial charge in [-0.3, -0.25) is 0 Å². The van der Waals surface area contributed by atoms with E-state index in [1.54, 1.807) is 11.3 Å². The fraction of sp³-hybridized carbons (Fsp3) is 0.318. The summed E-state index contributed by atoms with van der Waals surface area (Å²) in [6, 6.07) is 15.5. The number of aryl methyl sites for hydroxylation is 2. The molecule has 0 aliphatic heterocycles. The Morgan fingerprint density at radius 1 is 0.960 bits per heavy atom. The first kappa shape index (κ1) is 16.3. The molecule has 3 heteroatoms. The van der Waals surface area contributed by atoms with Crippen molar-refractivity contribution in [3.63, 3.8) is 0 Å². The molecule has 2 nitrogen and oxygen atoms in total. The molecular formula is C22H24N2S. The van der Waals surface area contributed by atoms with Crippen LogP contribution in [0.3, 0.4) is 0 Å². The van der Waals surface area contributed by atoms with E-state index in [4.69, 9.17) is 4.98 Å². The molecule has 0 saturated heterocycles. The molecule has 1 fully saturated rings. The number of aromatic nitrogens is 1. The number of nitrogens with zero attached hydrogens (tertiary/aromatic N) is 1. The molecule has 1 aliphatic rings. The molecule has 2 aromatic carbocycles. The highest BCUT2D eigenvalue weighted by atomic mass is 32.1. The van der Waals surface area contributed by atoms with Crippen LogP contribution in [0.2, 0.25) is 0 Å². The third-order valence-electron chi connectivity index (χ3n) is 5.01. The van der Waals surface area contributed by atoms with E-state index in [0.717, 1.165) is 22.4 Å². The maximum atomic E-state index is 4.77. The molecule has 1 N–H and O–H groups in total. The molecule has 25 heavy (non-hydrogen) atoms. The topological polar surface area (TPSA) is 24.9 Å². The van der Waals surface area contributed by atoms with Crippen LogP contribution in [-0.4, -0.2) is 4.98 Å². The number of benzene rings is 2. The minimum atomic E-state index is 0.770. The van der Waals surface area contributed by atoms with Crippen LogP contribution in [0.25, 0.3) is 11.3 Å². The molecule has 3 aromatic rings. The van der Waals surface area contributed by atoms with Gasteiger partial charge >= 0.3 is 0 Å². The molecule has 4 rings (SSSR count). The Balaban J connectivity index is 1.50. The summed E-state index contributed by atoms with van der Waals surface area (Å²) in [7, 11) is 0. The summed E-state index contributed by atoms with van der Waals surface area (Å²) in [5, 5.41) is 6.52. The third kappa shape index (κ3) is 3.77. The Morgan fingerprint density at radius 3 is 2.32 bits per heavy atom. The number of hydrogen-bond donors (Lipinski definition) is 1. The first-order valence-corrected chi connectivity index (χ1v) is 9.96. The smallest absolute Gasteiger partial charge is 0.187 e. The summed E-state index contributed by atoms with van der Waals surface area (Å²) in [4.78, 5) is 4.77. The first-order chi connectivity index (χ1) is 12.2. The zero-order valence-electron chi connectivity index (χ0n) is 14.9. The van der Waals surface area contributed by atoms with Crippen molar-refractivity contribution in [2.75, 3.05) is 5.32 Å². The van der Waals surface area contributed by atoms with Crippen molar-refractivity contribution in [2.45, 2.75) is 45.4 Å². The van der Waals surface area contributed by atoms with E-state index in [-0.39, 0.29) is 0 Å². The van der Waals surface area contributed by atoms with E-state index >= 15 is 0 Å². The average Bonchev–Trinajstić information content (AvgIpc) is 3.26. The molecule has 1 aliphatic carbocycles. The van der Waals surface area contributed by atoms with Gasteiger partial charge in [0.05, 0.1) is 5.69 Å². The van der Waals surface area contributed by atoms with Gasteiger partial charge in [0, 0.05) is 16.6 Å². The summed E-state index contributed by atoms with van der Waals surface area (Å²) >= 11 is 1.66. The highest BCUT2D eigenvalue weighted by Gasteiger charge is 2.17. The second-order valence-corrected chi connectivity index (χ2v) is 8.00. The number of thiazole rings is 1. The lowest BCUT2D eigenvalue weighted by Crippen LogP contribution is -1.92. The van der Waals surface area contributed by atoms with Crippen LogP contribution in [0, 0.1) is 13.8 Å². The molecular weight excluding hydrogens is 324 g/mol. The SMILES string of the molecule is Cc1cc(C)cc(Nc2nc(-c3ccc(C4CCCC4)cc3)cs2)c1. The lowest BCUT2D eigenvalue weighted by molar-refractivity contribution is 0.723. The van der Waals surface area contributed by atoms with Gasteiger partial charge in [-0.1, -0.05) is 43.2 Å². The third-order valence-corrected chi connectivity index (χ3v) is 5.77. The molecule has 0 amide bonds. The summed E-state index contributed by atoms with van der Waals surface area (Å²) in [5.74, 6) is 0.770. The van der Waals surface area contributed by atoms with Gasteiger partial charge in [0.25, 0.3) is 0 Å². The van der Waals surface area contributed by atoms with Crippen molar-refractivity contribution >= 4 is 22.2 Å². The van der Waals surface area contributed by atoms with Crippen LogP contribution >= 0.6 is 11.3 Å². The first-order valence-electron chi connectivity index (χ1n) is 9.08. The molecule has 1 aromatic heterocycles. The molecule has 128 valence electrons. The van der Waals surface area contributed by atoms with E-state index < -0.39 is 0 Å². The van der Waals surface area contributed by atoms with Gasteiger partial charge in [0.15, 0.2) is 5.13 Å². The van der Waals surface area contributed by atoms with E-state index in [9.17, 15) is 0 Å². The van der Waals surface area contributed by atoms with Gasteiger partial charge in [-0.15, -0.1) is 11.3 Å². The average molecular weight is 349 g/mol. The number of anilines is 2. The second-order valence-electron chi connectivity index (χ2n) is 7.14. The normalized spacial score (nSPS) is 14.8. The highest BCUT2D eigenvalue weighted by Crippen LogP contribution is 2.35. The Morgan fingerprint density at radius 2 is 1.64 bits per heavy atom. The quantitative estimate of drug-likeness (QED) is 0.559. The second kappa shape index (κ2) is 7.01. The van der Waals surface area contributed by atoms with Crippen molar-refractivity contribution in [3.05, 3.63) is 64.5 Å². The zero-order valence-corrected chi connectivity index (χ0v) is 15.7. The molecule has 0 radical (unpaired) electrons. The Kier molecular flexibility index (Phi) is 4.58. The molecule has 0 spiro atoms. The lowest BCUT2D eigenvalue weighted by Gasteiger charge is -2.09. The molecule has 0 atom stereocenters. The van der Waals surface area contributed by atoms with Crippen LogP contribution < -0.4 is 5.32 Å². The number of rotatable bonds is 4. The van der Waals surface area contributed by atoms with Gasteiger partial charge in [0.1, 0.15) is 0 Å². The maximum absolute atomic E-state index is 4.77. The summed E-state index contributed by atoms with van der Waals surface area (Å²) in [6.07, 6.45) is 5.46. The van der Waals surface area contributed by atoms with Crippen molar-refractivity contribution in [1.82, 2.24) is 4.98 Å². The molecule has 0 bridgehead atoms. The standard InChI is InChI=1S/C22H24N2S/c1-15-11-16(2)13-20(12-15)23-22-24-21(14-25-22)19-9-7-18(8-10-19)17-5-3-4-6-17/h7-14,17H,3-6H2,1-2H3,(H,23,24). The Bertz CT molecular complexity index is 838.